The minimum absolute atomic E-state index is 0.280. The van der Waals surface area contributed by atoms with Crippen molar-refractivity contribution in [3.05, 3.63) is 39.4 Å². The second kappa shape index (κ2) is 4.77. The number of nitrogens with one attached hydrogen (secondary N) is 1. The molecule has 1 N–H and O–H groups in total. The van der Waals surface area contributed by atoms with Crippen molar-refractivity contribution in [2.45, 2.75) is 26.8 Å². The van der Waals surface area contributed by atoms with Crippen LogP contribution in [0.25, 0.3) is 0 Å². The summed E-state index contributed by atoms with van der Waals surface area (Å²) in [5, 5.41) is 13.5. The molecule has 0 aliphatic heterocycles. The SMILES string of the molecule is Cc1cccc(NCC(C)[N+](=O)[O-])c1C. The molecule has 4 nitrogen and oxygen atoms in total. The van der Waals surface area contributed by atoms with Crippen molar-refractivity contribution in [3.63, 3.8) is 0 Å². The monoisotopic (exact) mass is 208 g/mol. The molecule has 0 aromatic heterocycles. The zero-order valence-electron chi connectivity index (χ0n) is 9.28. The van der Waals surface area contributed by atoms with E-state index in [9.17, 15) is 10.1 Å². The Bertz CT molecular complexity index is 364. The van der Waals surface area contributed by atoms with Crippen LogP contribution in [-0.4, -0.2) is 17.5 Å². The first-order valence-electron chi connectivity index (χ1n) is 4.96. The van der Waals surface area contributed by atoms with Gasteiger partial charge in [0.05, 0.1) is 6.54 Å². The van der Waals surface area contributed by atoms with E-state index in [-0.39, 0.29) is 4.92 Å². The lowest BCUT2D eigenvalue weighted by Gasteiger charge is -2.11. The Balaban J connectivity index is 2.66. The number of nitro groups is 1. The Labute approximate surface area is 89.5 Å². The van der Waals surface area contributed by atoms with Gasteiger partial charge in [0, 0.05) is 17.5 Å². The van der Waals surface area contributed by atoms with Gasteiger partial charge in [-0.05, 0) is 31.0 Å². The number of hydrogen-bond donors (Lipinski definition) is 1. The molecule has 1 aromatic rings. The van der Waals surface area contributed by atoms with Gasteiger partial charge in [-0.15, -0.1) is 0 Å². The van der Waals surface area contributed by atoms with E-state index in [1.807, 2.05) is 32.0 Å². The van der Waals surface area contributed by atoms with Gasteiger partial charge in [0.25, 0.3) is 0 Å². The van der Waals surface area contributed by atoms with E-state index in [0.717, 1.165) is 11.3 Å². The third kappa shape index (κ3) is 2.94. The lowest BCUT2D eigenvalue weighted by atomic mass is 10.1. The van der Waals surface area contributed by atoms with Gasteiger partial charge in [-0.2, -0.15) is 0 Å². The summed E-state index contributed by atoms with van der Waals surface area (Å²) in [6.07, 6.45) is 0. The maximum absolute atomic E-state index is 10.4. The minimum atomic E-state index is -0.565. The molecule has 0 aliphatic carbocycles. The summed E-state index contributed by atoms with van der Waals surface area (Å²) >= 11 is 0. The van der Waals surface area contributed by atoms with Crippen LogP contribution in [0.5, 0.6) is 0 Å². The van der Waals surface area contributed by atoms with E-state index in [1.165, 1.54) is 5.56 Å². The highest BCUT2D eigenvalue weighted by atomic mass is 16.6. The van der Waals surface area contributed by atoms with Crippen molar-refractivity contribution >= 4 is 5.69 Å². The molecule has 1 unspecified atom stereocenters. The van der Waals surface area contributed by atoms with Gasteiger partial charge in [-0.25, -0.2) is 0 Å². The molecule has 0 saturated heterocycles. The summed E-state index contributed by atoms with van der Waals surface area (Å²) in [5.41, 5.74) is 3.31. The zero-order valence-corrected chi connectivity index (χ0v) is 9.28. The molecule has 0 saturated carbocycles. The molecule has 82 valence electrons. The van der Waals surface area contributed by atoms with Gasteiger partial charge < -0.3 is 5.32 Å². The summed E-state index contributed by atoms with van der Waals surface area (Å²) in [7, 11) is 0. The van der Waals surface area contributed by atoms with Crippen LogP contribution in [0.3, 0.4) is 0 Å². The Hall–Kier alpha value is -1.58. The molecule has 4 heteroatoms. The predicted octanol–water partition coefficient (Wildman–Crippen LogP) is 2.38. The van der Waals surface area contributed by atoms with Crippen LogP contribution >= 0.6 is 0 Å². The number of rotatable bonds is 4. The van der Waals surface area contributed by atoms with Crippen LogP contribution in [0.4, 0.5) is 5.69 Å². The number of hydrogen-bond acceptors (Lipinski definition) is 3. The quantitative estimate of drug-likeness (QED) is 0.610. The van der Waals surface area contributed by atoms with Gasteiger partial charge >= 0.3 is 0 Å². The lowest BCUT2D eigenvalue weighted by Crippen LogP contribution is -2.25. The van der Waals surface area contributed by atoms with Crippen molar-refractivity contribution in [3.8, 4) is 0 Å². The second-order valence-corrected chi connectivity index (χ2v) is 3.76. The molecule has 1 aromatic carbocycles. The maximum Gasteiger partial charge on any atom is 0.227 e. The average molecular weight is 208 g/mol. The fraction of sp³-hybridized carbons (Fsp3) is 0.455. The summed E-state index contributed by atoms with van der Waals surface area (Å²) in [4.78, 5) is 10.2. The summed E-state index contributed by atoms with van der Waals surface area (Å²) in [5.74, 6) is 0. The first-order valence-corrected chi connectivity index (χ1v) is 4.96. The van der Waals surface area contributed by atoms with E-state index in [2.05, 4.69) is 5.32 Å². The molecule has 0 heterocycles. The molecule has 15 heavy (non-hydrogen) atoms. The van der Waals surface area contributed by atoms with Crippen LogP contribution in [-0.2, 0) is 0 Å². The third-order valence-corrected chi connectivity index (χ3v) is 2.55. The fourth-order valence-corrected chi connectivity index (χ4v) is 1.27. The Kier molecular flexibility index (Phi) is 3.66. The number of benzene rings is 1. The van der Waals surface area contributed by atoms with E-state index in [1.54, 1.807) is 6.92 Å². The normalized spacial score (nSPS) is 12.2. The van der Waals surface area contributed by atoms with Crippen molar-refractivity contribution in [2.24, 2.45) is 0 Å². The van der Waals surface area contributed by atoms with Crippen molar-refractivity contribution in [2.75, 3.05) is 11.9 Å². The predicted molar refractivity (Wildman–Crippen MR) is 60.9 cm³/mol. The fourth-order valence-electron chi connectivity index (χ4n) is 1.27. The first kappa shape index (κ1) is 11.5. The third-order valence-electron chi connectivity index (χ3n) is 2.55. The molecule has 0 amide bonds. The smallest absolute Gasteiger partial charge is 0.227 e. The van der Waals surface area contributed by atoms with Crippen LogP contribution in [0.15, 0.2) is 18.2 Å². The number of anilines is 1. The molecular formula is C11H16N2O2. The van der Waals surface area contributed by atoms with Crippen molar-refractivity contribution < 1.29 is 4.92 Å². The largest absolute Gasteiger partial charge is 0.378 e. The molecule has 0 radical (unpaired) electrons. The van der Waals surface area contributed by atoms with Crippen molar-refractivity contribution in [1.82, 2.24) is 0 Å². The second-order valence-electron chi connectivity index (χ2n) is 3.76. The molecular weight excluding hydrogens is 192 g/mol. The Morgan fingerprint density at radius 3 is 2.73 bits per heavy atom. The zero-order chi connectivity index (χ0) is 11.4. The summed E-state index contributed by atoms with van der Waals surface area (Å²) < 4.78 is 0. The molecule has 0 fully saturated rings. The van der Waals surface area contributed by atoms with E-state index < -0.39 is 6.04 Å². The highest BCUT2D eigenvalue weighted by Crippen LogP contribution is 2.17. The average Bonchev–Trinajstić information content (AvgIpc) is 2.19. The van der Waals surface area contributed by atoms with Crippen LogP contribution in [0, 0.1) is 24.0 Å². The van der Waals surface area contributed by atoms with Crippen LogP contribution < -0.4 is 5.32 Å². The van der Waals surface area contributed by atoms with Crippen molar-refractivity contribution in [1.29, 1.82) is 0 Å². The standard InChI is InChI=1S/C11H16N2O2/c1-8-5-4-6-11(10(8)3)12-7-9(2)13(14)15/h4-6,9,12H,7H2,1-3H3. The molecule has 0 aliphatic rings. The number of nitrogens with zero attached hydrogens (tertiary/aromatic N) is 1. The van der Waals surface area contributed by atoms with Gasteiger partial charge in [-0.1, -0.05) is 12.1 Å². The number of aryl methyl sites for hydroxylation is 1. The van der Waals surface area contributed by atoms with Gasteiger partial charge in [-0.3, -0.25) is 10.1 Å². The molecule has 1 rings (SSSR count). The highest BCUT2D eigenvalue weighted by Gasteiger charge is 2.12. The Morgan fingerprint density at radius 1 is 1.47 bits per heavy atom. The molecule has 1 atom stereocenters. The summed E-state index contributed by atoms with van der Waals surface area (Å²) in [6, 6.07) is 5.35. The van der Waals surface area contributed by atoms with Crippen LogP contribution in [0.1, 0.15) is 18.1 Å². The van der Waals surface area contributed by atoms with Gasteiger partial charge in [0.15, 0.2) is 0 Å². The maximum atomic E-state index is 10.4. The molecule has 0 bridgehead atoms. The highest BCUT2D eigenvalue weighted by molar-refractivity contribution is 5.53. The van der Waals surface area contributed by atoms with Gasteiger partial charge in [0.1, 0.15) is 0 Å². The van der Waals surface area contributed by atoms with E-state index >= 15 is 0 Å². The van der Waals surface area contributed by atoms with Gasteiger partial charge in [0.2, 0.25) is 6.04 Å². The Morgan fingerprint density at radius 2 is 2.13 bits per heavy atom. The minimum Gasteiger partial charge on any atom is -0.378 e. The first-order chi connectivity index (χ1) is 7.02. The summed E-state index contributed by atoms with van der Waals surface area (Å²) in [6.45, 7) is 5.99. The van der Waals surface area contributed by atoms with E-state index in [0.29, 0.717) is 6.54 Å². The molecule has 0 spiro atoms. The van der Waals surface area contributed by atoms with E-state index in [4.69, 9.17) is 0 Å². The lowest BCUT2D eigenvalue weighted by molar-refractivity contribution is -0.514. The topological polar surface area (TPSA) is 55.2 Å². The van der Waals surface area contributed by atoms with Crippen LogP contribution in [0.2, 0.25) is 0 Å².